The molecule has 1 aromatic carbocycles. The van der Waals surface area contributed by atoms with Crippen LogP contribution in [0.1, 0.15) is 37.2 Å². The fraction of sp³-hybridized carbons (Fsp3) is 0.350. The molecule has 1 saturated heterocycles. The highest BCUT2D eigenvalue weighted by atomic mass is 16.2. The molecule has 0 bridgehead atoms. The van der Waals surface area contributed by atoms with Crippen molar-refractivity contribution in [3.05, 3.63) is 66.1 Å². The molecule has 134 valence electrons. The number of aromatic nitrogens is 3. The summed E-state index contributed by atoms with van der Waals surface area (Å²) in [5, 5.41) is 11.5. The Hall–Kier alpha value is -2.89. The molecule has 0 unspecified atom stereocenters. The smallest absolute Gasteiger partial charge is 0.318 e. The quantitative estimate of drug-likeness (QED) is 0.787. The van der Waals surface area contributed by atoms with Gasteiger partial charge in [-0.05, 0) is 43.9 Å². The molecule has 0 radical (unpaired) electrons. The lowest BCUT2D eigenvalue weighted by atomic mass is 10.0. The SMILES string of the molecule is C[C@@H](NC(=O)N1CCC[C@@H]1Cc1ccccc1)c1nnc2ccccn12. The number of nitrogens with one attached hydrogen (secondary N) is 1. The molecule has 2 amide bonds. The second-order valence-corrected chi connectivity index (χ2v) is 6.84. The summed E-state index contributed by atoms with van der Waals surface area (Å²) in [4.78, 5) is 14.8. The van der Waals surface area contributed by atoms with Crippen LogP contribution >= 0.6 is 0 Å². The van der Waals surface area contributed by atoms with Crippen LogP contribution in [0.25, 0.3) is 5.65 Å². The Morgan fingerprint density at radius 3 is 2.85 bits per heavy atom. The number of hydrogen-bond acceptors (Lipinski definition) is 3. The number of nitrogens with zero attached hydrogens (tertiary/aromatic N) is 4. The molecule has 4 rings (SSSR count). The van der Waals surface area contributed by atoms with Gasteiger partial charge in [0.05, 0.1) is 6.04 Å². The first-order chi connectivity index (χ1) is 12.7. The van der Waals surface area contributed by atoms with E-state index < -0.39 is 0 Å². The highest BCUT2D eigenvalue weighted by Crippen LogP contribution is 2.22. The first-order valence-electron chi connectivity index (χ1n) is 9.13. The van der Waals surface area contributed by atoms with Crippen LogP contribution in [-0.4, -0.2) is 38.1 Å². The number of hydrogen-bond donors (Lipinski definition) is 1. The van der Waals surface area contributed by atoms with Crippen molar-refractivity contribution < 1.29 is 4.79 Å². The third kappa shape index (κ3) is 3.27. The number of benzene rings is 1. The van der Waals surface area contributed by atoms with Crippen molar-refractivity contribution >= 4 is 11.7 Å². The van der Waals surface area contributed by atoms with Gasteiger partial charge in [0.25, 0.3) is 0 Å². The van der Waals surface area contributed by atoms with Crippen LogP contribution in [-0.2, 0) is 6.42 Å². The maximum absolute atomic E-state index is 12.8. The maximum Gasteiger partial charge on any atom is 0.318 e. The summed E-state index contributed by atoms with van der Waals surface area (Å²) < 4.78 is 1.91. The van der Waals surface area contributed by atoms with Crippen LogP contribution in [0.5, 0.6) is 0 Å². The molecule has 1 N–H and O–H groups in total. The number of rotatable bonds is 4. The zero-order chi connectivity index (χ0) is 17.9. The number of pyridine rings is 1. The van der Waals surface area contributed by atoms with Gasteiger partial charge in [0, 0.05) is 18.8 Å². The van der Waals surface area contributed by atoms with E-state index in [1.165, 1.54) is 5.56 Å². The second-order valence-electron chi connectivity index (χ2n) is 6.84. The molecule has 6 heteroatoms. The maximum atomic E-state index is 12.8. The topological polar surface area (TPSA) is 62.5 Å². The van der Waals surface area contributed by atoms with Crippen molar-refractivity contribution in [1.29, 1.82) is 0 Å². The highest BCUT2D eigenvalue weighted by molar-refractivity contribution is 5.75. The zero-order valence-electron chi connectivity index (χ0n) is 14.9. The first-order valence-corrected chi connectivity index (χ1v) is 9.13. The monoisotopic (exact) mass is 349 g/mol. The molecule has 1 aliphatic rings. The Labute approximate surface area is 152 Å². The van der Waals surface area contributed by atoms with Crippen LogP contribution < -0.4 is 5.32 Å². The fourth-order valence-electron chi connectivity index (χ4n) is 3.69. The lowest BCUT2D eigenvalue weighted by Crippen LogP contribution is -2.44. The molecule has 3 heterocycles. The van der Waals surface area contributed by atoms with Crippen molar-refractivity contribution in [1.82, 2.24) is 24.8 Å². The number of fused-ring (bicyclic) bond motifs is 1. The predicted octanol–water partition coefficient (Wildman–Crippen LogP) is 3.21. The van der Waals surface area contributed by atoms with Gasteiger partial charge in [-0.15, -0.1) is 10.2 Å². The number of likely N-dealkylation sites (tertiary alicyclic amines) is 1. The van der Waals surface area contributed by atoms with Gasteiger partial charge in [0.2, 0.25) is 0 Å². The number of carbonyl (C=O) groups is 1. The molecule has 2 aromatic heterocycles. The molecule has 1 aliphatic heterocycles. The third-order valence-corrected chi connectivity index (χ3v) is 5.02. The van der Waals surface area contributed by atoms with E-state index in [9.17, 15) is 4.79 Å². The lowest BCUT2D eigenvalue weighted by Gasteiger charge is -2.26. The van der Waals surface area contributed by atoms with Crippen LogP contribution in [0.2, 0.25) is 0 Å². The van der Waals surface area contributed by atoms with Crippen molar-refractivity contribution in [3.8, 4) is 0 Å². The van der Waals surface area contributed by atoms with Gasteiger partial charge in [0.15, 0.2) is 11.5 Å². The Balaban J connectivity index is 1.45. The van der Waals surface area contributed by atoms with E-state index in [-0.39, 0.29) is 18.1 Å². The molecule has 26 heavy (non-hydrogen) atoms. The highest BCUT2D eigenvalue weighted by Gasteiger charge is 2.30. The number of carbonyl (C=O) groups excluding carboxylic acids is 1. The zero-order valence-corrected chi connectivity index (χ0v) is 14.9. The first kappa shape index (κ1) is 16.6. The van der Waals surface area contributed by atoms with Crippen LogP contribution in [0.15, 0.2) is 54.7 Å². The van der Waals surface area contributed by atoms with Crippen LogP contribution in [0.4, 0.5) is 4.79 Å². The van der Waals surface area contributed by atoms with Gasteiger partial charge in [-0.3, -0.25) is 4.40 Å². The summed E-state index contributed by atoms with van der Waals surface area (Å²) in [6.07, 6.45) is 4.91. The molecule has 6 nitrogen and oxygen atoms in total. The van der Waals surface area contributed by atoms with Gasteiger partial charge in [0.1, 0.15) is 0 Å². The summed E-state index contributed by atoms with van der Waals surface area (Å²) in [6, 6.07) is 16.1. The van der Waals surface area contributed by atoms with Gasteiger partial charge >= 0.3 is 6.03 Å². The average molecular weight is 349 g/mol. The van der Waals surface area contributed by atoms with E-state index in [1.807, 2.05) is 58.8 Å². The summed E-state index contributed by atoms with van der Waals surface area (Å²) in [5.41, 5.74) is 2.06. The largest absolute Gasteiger partial charge is 0.328 e. The van der Waals surface area contributed by atoms with E-state index in [1.54, 1.807) is 0 Å². The van der Waals surface area contributed by atoms with Crippen LogP contribution in [0.3, 0.4) is 0 Å². The lowest BCUT2D eigenvalue weighted by molar-refractivity contribution is 0.188. The molecular formula is C20H23N5O. The fourth-order valence-corrected chi connectivity index (χ4v) is 3.69. The third-order valence-electron chi connectivity index (χ3n) is 5.02. The van der Waals surface area contributed by atoms with E-state index in [0.29, 0.717) is 0 Å². The minimum atomic E-state index is -0.210. The Bertz CT molecular complexity index is 891. The van der Waals surface area contributed by atoms with E-state index in [2.05, 4.69) is 27.6 Å². The van der Waals surface area contributed by atoms with Crippen molar-refractivity contribution in [2.75, 3.05) is 6.54 Å². The average Bonchev–Trinajstić information content (AvgIpc) is 3.29. The van der Waals surface area contributed by atoms with E-state index in [0.717, 1.165) is 37.3 Å². The van der Waals surface area contributed by atoms with E-state index >= 15 is 0 Å². The van der Waals surface area contributed by atoms with Gasteiger partial charge < -0.3 is 10.2 Å². The van der Waals surface area contributed by atoms with Gasteiger partial charge in [-0.1, -0.05) is 36.4 Å². The molecule has 0 saturated carbocycles. The molecule has 2 atom stereocenters. The molecule has 1 fully saturated rings. The van der Waals surface area contributed by atoms with E-state index in [4.69, 9.17) is 0 Å². The normalized spacial score (nSPS) is 18.2. The van der Waals surface area contributed by atoms with Crippen LogP contribution in [0, 0.1) is 0 Å². The van der Waals surface area contributed by atoms with Crippen molar-refractivity contribution in [2.24, 2.45) is 0 Å². The minimum Gasteiger partial charge on any atom is -0.328 e. The predicted molar refractivity (Wildman–Crippen MR) is 99.8 cm³/mol. The molecule has 0 spiro atoms. The molecule has 0 aliphatic carbocycles. The van der Waals surface area contributed by atoms with Gasteiger partial charge in [-0.2, -0.15) is 0 Å². The standard InChI is InChI=1S/C20H23N5O/c1-15(19-23-22-18-11-5-6-12-25(18)19)21-20(26)24-13-7-10-17(24)14-16-8-3-2-4-9-16/h2-6,8-9,11-12,15,17H,7,10,13-14H2,1H3,(H,21,26)/t15-,17-/m1/s1. The Morgan fingerprint density at radius 2 is 2.00 bits per heavy atom. The number of urea groups is 1. The summed E-state index contributed by atoms with van der Waals surface area (Å²) in [6.45, 7) is 2.75. The summed E-state index contributed by atoms with van der Waals surface area (Å²) >= 11 is 0. The summed E-state index contributed by atoms with van der Waals surface area (Å²) in [7, 11) is 0. The molecule has 3 aromatic rings. The summed E-state index contributed by atoms with van der Waals surface area (Å²) in [5.74, 6) is 0.743. The minimum absolute atomic E-state index is 0.0244. The second kappa shape index (κ2) is 7.15. The number of amides is 2. The van der Waals surface area contributed by atoms with Crippen molar-refractivity contribution in [3.63, 3.8) is 0 Å². The Kier molecular flexibility index (Phi) is 4.56. The van der Waals surface area contributed by atoms with Gasteiger partial charge in [-0.25, -0.2) is 4.79 Å². The van der Waals surface area contributed by atoms with Crippen molar-refractivity contribution in [2.45, 2.75) is 38.3 Å². The molecular weight excluding hydrogens is 326 g/mol. The Morgan fingerprint density at radius 1 is 1.19 bits per heavy atom.